The Hall–Kier alpha value is -2.10. The summed E-state index contributed by atoms with van der Waals surface area (Å²) in [7, 11) is 0. The smallest absolute Gasteiger partial charge is 0.251 e. The second kappa shape index (κ2) is 9.26. The maximum absolute atomic E-state index is 12.4. The molecule has 130 valence electrons. The van der Waals surface area contributed by atoms with Crippen molar-refractivity contribution in [3.8, 4) is 0 Å². The predicted octanol–water partition coefficient (Wildman–Crippen LogP) is 3.45. The molecular formula is C20H28N2O2. The van der Waals surface area contributed by atoms with Crippen LogP contribution in [0.2, 0.25) is 0 Å². The molecule has 1 aliphatic rings. The summed E-state index contributed by atoms with van der Waals surface area (Å²) in [6.07, 6.45) is 8.04. The molecule has 0 heterocycles. The molecule has 2 N–H and O–H groups in total. The van der Waals surface area contributed by atoms with Gasteiger partial charge in [0.15, 0.2) is 0 Å². The average molecular weight is 328 g/mol. The third kappa shape index (κ3) is 5.52. The molecule has 1 aliphatic carbocycles. The van der Waals surface area contributed by atoms with E-state index in [0.29, 0.717) is 12.1 Å². The lowest BCUT2D eigenvalue weighted by Crippen LogP contribution is -2.49. The van der Waals surface area contributed by atoms with Crippen LogP contribution >= 0.6 is 0 Å². The number of carbonyl (C=O) groups is 2. The van der Waals surface area contributed by atoms with Crippen molar-refractivity contribution in [3.05, 3.63) is 47.5 Å². The van der Waals surface area contributed by atoms with Crippen LogP contribution in [-0.4, -0.2) is 24.4 Å². The molecule has 0 bridgehead atoms. The summed E-state index contributed by atoms with van der Waals surface area (Å²) >= 11 is 0. The highest BCUT2D eigenvalue weighted by Gasteiger charge is 2.24. The summed E-state index contributed by atoms with van der Waals surface area (Å²) in [6.45, 7) is 4.52. The van der Waals surface area contributed by atoms with Gasteiger partial charge in [0.05, 0.1) is 0 Å². The van der Waals surface area contributed by atoms with Gasteiger partial charge in [0.2, 0.25) is 5.91 Å². The minimum absolute atomic E-state index is 0.0339. The first-order valence-corrected chi connectivity index (χ1v) is 8.89. The third-order valence-corrected chi connectivity index (χ3v) is 4.40. The van der Waals surface area contributed by atoms with E-state index < -0.39 is 6.04 Å². The number of benzene rings is 1. The molecule has 2 rings (SSSR count). The fraction of sp³-hybridized carbons (Fsp3) is 0.500. The molecule has 1 aromatic rings. The van der Waals surface area contributed by atoms with Crippen molar-refractivity contribution in [1.29, 1.82) is 0 Å². The lowest BCUT2D eigenvalue weighted by molar-refractivity contribution is -0.123. The van der Waals surface area contributed by atoms with Gasteiger partial charge in [-0.15, -0.1) is 0 Å². The van der Waals surface area contributed by atoms with Gasteiger partial charge in [-0.1, -0.05) is 43.7 Å². The lowest BCUT2D eigenvalue weighted by Gasteiger charge is -2.22. The van der Waals surface area contributed by atoms with Crippen molar-refractivity contribution in [1.82, 2.24) is 10.6 Å². The van der Waals surface area contributed by atoms with Crippen LogP contribution in [0.1, 0.15) is 56.3 Å². The zero-order valence-corrected chi connectivity index (χ0v) is 14.7. The number of hydrogen-bond donors (Lipinski definition) is 2. The van der Waals surface area contributed by atoms with Crippen molar-refractivity contribution in [2.75, 3.05) is 6.54 Å². The molecule has 1 unspecified atom stereocenters. The topological polar surface area (TPSA) is 58.2 Å². The molecule has 2 amide bonds. The minimum atomic E-state index is -0.516. The number of hydrogen-bond acceptors (Lipinski definition) is 2. The van der Waals surface area contributed by atoms with E-state index in [-0.39, 0.29) is 17.7 Å². The Labute approximate surface area is 144 Å². The number of rotatable bonds is 7. The number of amides is 2. The standard InChI is InChI=1S/C20H28N2O2/c1-15(2)18(22-19(23)17-11-7-4-8-12-17)20(24)21-14-13-16-9-5-3-6-10-16/h4,7-9,11-12,15,18H,3,5-6,10,13-14H2,1-2H3,(H,21,24)(H,22,23). The van der Waals surface area contributed by atoms with Gasteiger partial charge in [0.25, 0.3) is 5.91 Å². The van der Waals surface area contributed by atoms with Gasteiger partial charge in [-0.05, 0) is 50.2 Å². The van der Waals surface area contributed by atoms with Crippen LogP contribution in [-0.2, 0) is 4.79 Å². The first kappa shape index (κ1) is 18.2. The lowest BCUT2D eigenvalue weighted by atomic mass is 9.97. The molecule has 0 fully saturated rings. The van der Waals surface area contributed by atoms with E-state index in [0.717, 1.165) is 19.3 Å². The van der Waals surface area contributed by atoms with Gasteiger partial charge < -0.3 is 10.6 Å². The molecule has 1 aromatic carbocycles. The van der Waals surface area contributed by atoms with Gasteiger partial charge >= 0.3 is 0 Å². The third-order valence-electron chi connectivity index (χ3n) is 4.40. The molecule has 0 saturated heterocycles. The summed E-state index contributed by atoms with van der Waals surface area (Å²) in [6, 6.07) is 8.48. The highest BCUT2D eigenvalue weighted by atomic mass is 16.2. The van der Waals surface area contributed by atoms with E-state index in [1.807, 2.05) is 32.0 Å². The molecule has 0 spiro atoms. The molecule has 4 nitrogen and oxygen atoms in total. The van der Waals surface area contributed by atoms with E-state index in [2.05, 4.69) is 16.7 Å². The Morgan fingerprint density at radius 2 is 1.88 bits per heavy atom. The Morgan fingerprint density at radius 3 is 2.50 bits per heavy atom. The summed E-state index contributed by atoms with van der Waals surface area (Å²) < 4.78 is 0. The maximum Gasteiger partial charge on any atom is 0.251 e. The minimum Gasteiger partial charge on any atom is -0.354 e. The summed E-state index contributed by atoms with van der Waals surface area (Å²) in [4.78, 5) is 24.7. The van der Waals surface area contributed by atoms with Crippen molar-refractivity contribution in [2.24, 2.45) is 5.92 Å². The van der Waals surface area contributed by atoms with Crippen LogP contribution in [0.15, 0.2) is 42.0 Å². The average Bonchev–Trinajstić information content (AvgIpc) is 2.60. The summed E-state index contributed by atoms with van der Waals surface area (Å²) in [5.74, 6) is -0.281. The zero-order chi connectivity index (χ0) is 17.4. The normalized spacial score (nSPS) is 15.5. The molecule has 4 heteroatoms. The van der Waals surface area contributed by atoms with Gasteiger partial charge in [0, 0.05) is 12.1 Å². The predicted molar refractivity (Wildman–Crippen MR) is 96.7 cm³/mol. The van der Waals surface area contributed by atoms with Gasteiger partial charge in [-0.2, -0.15) is 0 Å². The fourth-order valence-corrected chi connectivity index (χ4v) is 2.94. The molecular weight excluding hydrogens is 300 g/mol. The van der Waals surface area contributed by atoms with Gasteiger partial charge in [-0.25, -0.2) is 0 Å². The van der Waals surface area contributed by atoms with E-state index in [1.165, 1.54) is 18.4 Å². The summed E-state index contributed by atoms with van der Waals surface area (Å²) in [5.41, 5.74) is 2.01. The number of allylic oxidation sites excluding steroid dienone is 1. The summed E-state index contributed by atoms with van der Waals surface area (Å²) in [5, 5.41) is 5.83. The first-order valence-electron chi connectivity index (χ1n) is 8.89. The number of carbonyl (C=O) groups excluding carboxylic acids is 2. The Balaban J connectivity index is 1.86. The number of nitrogens with one attached hydrogen (secondary N) is 2. The largest absolute Gasteiger partial charge is 0.354 e. The van der Waals surface area contributed by atoms with Crippen LogP contribution in [0, 0.1) is 5.92 Å². The second-order valence-electron chi connectivity index (χ2n) is 6.71. The Morgan fingerprint density at radius 1 is 1.12 bits per heavy atom. The van der Waals surface area contributed by atoms with Crippen LogP contribution in [0.5, 0.6) is 0 Å². The van der Waals surface area contributed by atoms with Crippen LogP contribution in [0.25, 0.3) is 0 Å². The molecule has 1 atom stereocenters. The monoisotopic (exact) mass is 328 g/mol. The van der Waals surface area contributed by atoms with E-state index in [9.17, 15) is 9.59 Å². The molecule has 0 aliphatic heterocycles. The first-order chi connectivity index (χ1) is 11.6. The maximum atomic E-state index is 12.4. The van der Waals surface area contributed by atoms with Crippen molar-refractivity contribution in [2.45, 2.75) is 52.0 Å². The highest BCUT2D eigenvalue weighted by Crippen LogP contribution is 2.19. The Bertz CT molecular complexity index is 579. The Kier molecular flexibility index (Phi) is 7.04. The van der Waals surface area contributed by atoms with Crippen LogP contribution < -0.4 is 10.6 Å². The zero-order valence-electron chi connectivity index (χ0n) is 14.7. The second-order valence-corrected chi connectivity index (χ2v) is 6.71. The van der Waals surface area contributed by atoms with Crippen LogP contribution in [0.4, 0.5) is 0 Å². The molecule has 0 radical (unpaired) electrons. The van der Waals surface area contributed by atoms with Crippen molar-refractivity contribution >= 4 is 11.8 Å². The quantitative estimate of drug-likeness (QED) is 0.753. The van der Waals surface area contributed by atoms with Crippen molar-refractivity contribution in [3.63, 3.8) is 0 Å². The molecule has 0 aromatic heterocycles. The SMILES string of the molecule is CC(C)C(NC(=O)c1ccccc1)C(=O)NCCC1=CCCCC1. The van der Waals surface area contributed by atoms with Gasteiger partial charge in [-0.3, -0.25) is 9.59 Å². The van der Waals surface area contributed by atoms with E-state index in [1.54, 1.807) is 12.1 Å². The van der Waals surface area contributed by atoms with Crippen molar-refractivity contribution < 1.29 is 9.59 Å². The highest BCUT2D eigenvalue weighted by molar-refractivity contribution is 5.97. The molecule has 24 heavy (non-hydrogen) atoms. The van der Waals surface area contributed by atoms with E-state index >= 15 is 0 Å². The van der Waals surface area contributed by atoms with E-state index in [4.69, 9.17) is 0 Å². The fourth-order valence-electron chi connectivity index (χ4n) is 2.94. The molecule has 0 saturated carbocycles. The van der Waals surface area contributed by atoms with Crippen LogP contribution in [0.3, 0.4) is 0 Å². The van der Waals surface area contributed by atoms with Gasteiger partial charge in [0.1, 0.15) is 6.04 Å².